The van der Waals surface area contributed by atoms with Crippen molar-refractivity contribution in [1.29, 1.82) is 0 Å². The molecule has 0 saturated heterocycles. The highest BCUT2D eigenvalue weighted by Gasteiger charge is 2.41. The number of amides is 2. The van der Waals surface area contributed by atoms with E-state index in [2.05, 4.69) is 0 Å². The highest BCUT2D eigenvalue weighted by Crippen LogP contribution is 2.34. The molecule has 1 N–H and O–H groups in total. The zero-order valence-electron chi connectivity index (χ0n) is 17.0. The lowest BCUT2D eigenvalue weighted by molar-refractivity contribution is -0.120. The number of ether oxygens (including phenoxy) is 1. The first kappa shape index (κ1) is 21.3. The zero-order chi connectivity index (χ0) is 21.7. The van der Waals surface area contributed by atoms with Crippen molar-refractivity contribution >= 4 is 29.0 Å². The molecule has 2 aromatic rings. The molecule has 1 aliphatic rings. The van der Waals surface area contributed by atoms with Gasteiger partial charge in [-0.3, -0.25) is 9.59 Å². The van der Waals surface area contributed by atoms with Gasteiger partial charge in [0.05, 0.1) is 30.0 Å². The lowest BCUT2D eigenvalue weighted by atomic mass is 10.0. The molecule has 0 saturated carbocycles. The summed E-state index contributed by atoms with van der Waals surface area (Å²) >= 11 is 0. The number of carbonyl (C=O) groups excluding carboxylic acids is 3. The summed E-state index contributed by atoms with van der Waals surface area (Å²) in [5.74, 6) is -1.38. The van der Waals surface area contributed by atoms with Gasteiger partial charge >= 0.3 is 5.97 Å². The first-order valence-electron chi connectivity index (χ1n) is 9.77. The number of hydrogen-bond donors (Lipinski definition) is 1. The number of likely N-dealkylation sites (N-methyl/N-ethyl adjacent to an activating group) is 1. The molecule has 0 spiro atoms. The van der Waals surface area contributed by atoms with Crippen LogP contribution in [0.3, 0.4) is 0 Å². The van der Waals surface area contributed by atoms with E-state index in [1.807, 2.05) is 13.0 Å². The fraction of sp³-hybridized carbons (Fsp3) is 0.261. The molecule has 0 fully saturated rings. The molecule has 0 atom stereocenters. The fourth-order valence-corrected chi connectivity index (χ4v) is 3.26. The van der Waals surface area contributed by atoms with Crippen LogP contribution < -0.4 is 4.90 Å². The molecule has 2 amide bonds. The molecule has 1 aliphatic heterocycles. The Kier molecular flexibility index (Phi) is 6.64. The monoisotopic (exact) mass is 408 g/mol. The molecule has 30 heavy (non-hydrogen) atoms. The number of imide groups is 1. The van der Waals surface area contributed by atoms with Gasteiger partial charge in [0.1, 0.15) is 5.70 Å². The maximum Gasteiger partial charge on any atom is 0.338 e. The predicted octanol–water partition coefficient (Wildman–Crippen LogP) is 2.46. The van der Waals surface area contributed by atoms with E-state index in [1.54, 1.807) is 48.3 Å². The van der Waals surface area contributed by atoms with E-state index in [0.29, 0.717) is 23.4 Å². The van der Waals surface area contributed by atoms with Crippen molar-refractivity contribution in [2.75, 3.05) is 31.7 Å². The summed E-state index contributed by atoms with van der Waals surface area (Å²) in [4.78, 5) is 41.2. The lowest BCUT2D eigenvalue weighted by Crippen LogP contribution is -2.34. The normalized spacial score (nSPS) is 13.8. The minimum Gasteiger partial charge on any atom is -0.462 e. The standard InChI is InChI=1S/C23H24N2O5/c1-3-15-30-23(29)17-9-11-18(12-10-17)25-21(27)19(16-7-5-4-6-8-16)20(22(25)28)24(2)13-14-26/h4-12,26H,3,13-15H2,1-2H3. The van der Waals surface area contributed by atoms with E-state index in [-0.39, 0.29) is 24.4 Å². The van der Waals surface area contributed by atoms with E-state index in [1.165, 1.54) is 12.1 Å². The summed E-state index contributed by atoms with van der Waals surface area (Å²) in [6.07, 6.45) is 0.721. The van der Waals surface area contributed by atoms with E-state index in [9.17, 15) is 19.5 Å². The van der Waals surface area contributed by atoms with Gasteiger partial charge in [0.2, 0.25) is 0 Å². The first-order valence-corrected chi connectivity index (χ1v) is 9.77. The lowest BCUT2D eigenvalue weighted by Gasteiger charge is -2.20. The summed E-state index contributed by atoms with van der Waals surface area (Å²) in [6.45, 7) is 2.29. The molecule has 2 aromatic carbocycles. The Morgan fingerprint density at radius 1 is 1.03 bits per heavy atom. The van der Waals surface area contributed by atoms with Crippen molar-refractivity contribution in [3.63, 3.8) is 0 Å². The Hall–Kier alpha value is -3.45. The molecule has 1 heterocycles. The second kappa shape index (κ2) is 9.37. The zero-order valence-corrected chi connectivity index (χ0v) is 17.0. The average Bonchev–Trinajstić information content (AvgIpc) is 3.03. The number of carbonyl (C=O) groups is 3. The average molecular weight is 408 g/mol. The number of nitrogens with zero attached hydrogens (tertiary/aromatic N) is 2. The van der Waals surface area contributed by atoms with Crippen LogP contribution in [0.25, 0.3) is 5.57 Å². The Bertz CT molecular complexity index is 967. The molecular weight excluding hydrogens is 384 g/mol. The van der Waals surface area contributed by atoms with Crippen LogP contribution in [0.4, 0.5) is 5.69 Å². The number of benzene rings is 2. The van der Waals surface area contributed by atoms with Gasteiger partial charge < -0.3 is 14.7 Å². The Morgan fingerprint density at radius 2 is 1.70 bits per heavy atom. The molecule has 7 heteroatoms. The molecule has 0 aromatic heterocycles. The number of rotatable bonds is 8. The number of esters is 1. The van der Waals surface area contributed by atoms with Crippen LogP contribution in [0.1, 0.15) is 29.3 Å². The summed E-state index contributed by atoms with van der Waals surface area (Å²) in [5.41, 5.74) is 1.84. The van der Waals surface area contributed by atoms with E-state index in [4.69, 9.17) is 4.74 Å². The Balaban J connectivity index is 1.96. The maximum atomic E-state index is 13.3. The van der Waals surface area contributed by atoms with Crippen LogP contribution in [-0.2, 0) is 14.3 Å². The fourth-order valence-electron chi connectivity index (χ4n) is 3.26. The van der Waals surface area contributed by atoms with E-state index >= 15 is 0 Å². The van der Waals surface area contributed by atoms with Crippen molar-refractivity contribution in [2.24, 2.45) is 0 Å². The number of aliphatic hydroxyl groups is 1. The second-order valence-corrected chi connectivity index (χ2v) is 6.86. The Labute approximate surface area is 175 Å². The molecular formula is C23H24N2O5. The third kappa shape index (κ3) is 4.11. The Morgan fingerprint density at radius 3 is 2.30 bits per heavy atom. The van der Waals surface area contributed by atoms with E-state index in [0.717, 1.165) is 11.3 Å². The van der Waals surface area contributed by atoms with Gasteiger partial charge in [-0.1, -0.05) is 37.3 Å². The third-order valence-corrected chi connectivity index (χ3v) is 4.74. The van der Waals surface area contributed by atoms with Crippen LogP contribution in [0.5, 0.6) is 0 Å². The minimum atomic E-state index is -0.476. The van der Waals surface area contributed by atoms with Gasteiger partial charge in [-0.25, -0.2) is 9.69 Å². The number of aliphatic hydroxyl groups excluding tert-OH is 1. The van der Waals surface area contributed by atoms with Gasteiger partial charge in [-0.2, -0.15) is 0 Å². The third-order valence-electron chi connectivity index (χ3n) is 4.74. The van der Waals surface area contributed by atoms with Gasteiger partial charge in [-0.15, -0.1) is 0 Å². The highest BCUT2D eigenvalue weighted by atomic mass is 16.5. The molecule has 0 aliphatic carbocycles. The van der Waals surface area contributed by atoms with Gasteiger partial charge in [-0.05, 0) is 36.2 Å². The van der Waals surface area contributed by atoms with Gasteiger partial charge in [0, 0.05) is 13.6 Å². The van der Waals surface area contributed by atoms with Crippen molar-refractivity contribution < 1.29 is 24.2 Å². The van der Waals surface area contributed by atoms with Crippen LogP contribution in [0.2, 0.25) is 0 Å². The SMILES string of the molecule is CCCOC(=O)c1ccc(N2C(=O)C(c3ccccc3)=C(N(C)CCO)C2=O)cc1. The number of hydrogen-bond acceptors (Lipinski definition) is 6. The quantitative estimate of drug-likeness (QED) is 0.533. The first-order chi connectivity index (χ1) is 14.5. The summed E-state index contributed by atoms with van der Waals surface area (Å²) in [7, 11) is 1.66. The van der Waals surface area contributed by atoms with Gasteiger partial charge in [0.25, 0.3) is 11.8 Å². The maximum absolute atomic E-state index is 13.3. The van der Waals surface area contributed by atoms with Crippen molar-refractivity contribution in [3.05, 3.63) is 71.4 Å². The van der Waals surface area contributed by atoms with Crippen LogP contribution in [-0.4, -0.2) is 54.6 Å². The number of anilines is 1. The summed E-state index contributed by atoms with van der Waals surface area (Å²) in [5, 5.41) is 9.32. The van der Waals surface area contributed by atoms with Crippen LogP contribution in [0, 0.1) is 0 Å². The van der Waals surface area contributed by atoms with Crippen molar-refractivity contribution in [2.45, 2.75) is 13.3 Å². The van der Waals surface area contributed by atoms with E-state index < -0.39 is 17.8 Å². The van der Waals surface area contributed by atoms with Crippen LogP contribution in [0.15, 0.2) is 60.3 Å². The van der Waals surface area contributed by atoms with Crippen molar-refractivity contribution in [1.82, 2.24) is 4.90 Å². The molecule has 0 radical (unpaired) electrons. The topological polar surface area (TPSA) is 87.2 Å². The predicted molar refractivity (Wildman–Crippen MR) is 113 cm³/mol. The molecule has 0 bridgehead atoms. The second-order valence-electron chi connectivity index (χ2n) is 6.86. The van der Waals surface area contributed by atoms with Gasteiger partial charge in [0.15, 0.2) is 0 Å². The summed E-state index contributed by atoms with van der Waals surface area (Å²) < 4.78 is 5.11. The molecule has 3 rings (SSSR count). The minimum absolute atomic E-state index is 0.155. The largest absolute Gasteiger partial charge is 0.462 e. The highest BCUT2D eigenvalue weighted by molar-refractivity contribution is 6.45. The summed E-state index contributed by atoms with van der Waals surface area (Å²) in [6, 6.07) is 15.1. The molecule has 7 nitrogen and oxygen atoms in total. The van der Waals surface area contributed by atoms with Crippen LogP contribution >= 0.6 is 0 Å². The van der Waals surface area contributed by atoms with Crippen molar-refractivity contribution in [3.8, 4) is 0 Å². The molecule has 0 unspecified atom stereocenters. The molecule has 156 valence electrons. The smallest absolute Gasteiger partial charge is 0.338 e.